The molecule has 0 radical (unpaired) electrons. The lowest BCUT2D eigenvalue weighted by molar-refractivity contribution is -0.942. The molecule has 2 bridgehead atoms. The molecule has 0 amide bonds. The highest BCUT2D eigenvalue weighted by Crippen LogP contribution is 2.50. The molecule has 62 heavy (non-hydrogen) atoms. The van der Waals surface area contributed by atoms with Gasteiger partial charge < -0.3 is 14.0 Å². The van der Waals surface area contributed by atoms with Gasteiger partial charge in [0.2, 0.25) is 0 Å². The number of hydrogen-bond acceptors (Lipinski definition) is 9. The minimum atomic E-state index is -4.08. The highest BCUT2D eigenvalue weighted by atomic mass is 31.2. The van der Waals surface area contributed by atoms with Gasteiger partial charge >= 0.3 is 19.8 Å². The molecule has 0 aromatic rings. The second kappa shape index (κ2) is 38.7. The molecule has 3 aliphatic rings. The molecule has 3 heterocycles. The van der Waals surface area contributed by atoms with Crippen molar-refractivity contribution in [3.63, 3.8) is 0 Å². The highest BCUT2D eigenvalue weighted by molar-refractivity contribution is 7.48. The van der Waals surface area contributed by atoms with Crippen LogP contribution in [0.3, 0.4) is 0 Å². The average Bonchev–Trinajstić information content (AvgIpc) is 3.28. The van der Waals surface area contributed by atoms with E-state index in [-0.39, 0.29) is 45.2 Å². The maximum Gasteiger partial charge on any atom is 0.475 e. The SMILES string of the molecule is CCCCCCCCCCCCCCCCCC(=O)OCC(COP(=O)(OCCC#N)OCC[N+]12CCC(CC1)CC2)OC(=O)CCCCCCCCCCCCCCCCC. The molecule has 0 N–H and O–H groups in total. The molecule has 0 aromatic heterocycles. The molecule has 2 unspecified atom stereocenters. The average molecular weight is 896 g/mol. The van der Waals surface area contributed by atoms with Crippen LogP contribution in [0.15, 0.2) is 0 Å². The van der Waals surface area contributed by atoms with E-state index in [1.807, 2.05) is 6.07 Å². The summed E-state index contributed by atoms with van der Waals surface area (Å²) in [5.41, 5.74) is 0. The summed E-state index contributed by atoms with van der Waals surface area (Å²) >= 11 is 0. The smallest absolute Gasteiger partial charge is 0.462 e. The van der Waals surface area contributed by atoms with Gasteiger partial charge in [0.15, 0.2) is 6.10 Å². The van der Waals surface area contributed by atoms with Gasteiger partial charge in [-0.2, -0.15) is 5.26 Å². The van der Waals surface area contributed by atoms with Crippen LogP contribution in [0.1, 0.15) is 245 Å². The Labute approximate surface area is 381 Å². The lowest BCUT2D eigenvalue weighted by Gasteiger charge is -2.49. The van der Waals surface area contributed by atoms with E-state index >= 15 is 0 Å². The van der Waals surface area contributed by atoms with Gasteiger partial charge in [-0.25, -0.2) is 4.57 Å². The van der Waals surface area contributed by atoms with Crippen LogP contribution in [0.2, 0.25) is 0 Å². The van der Waals surface area contributed by atoms with Crippen LogP contribution in [-0.2, 0) is 37.2 Å². The van der Waals surface area contributed by atoms with Crippen LogP contribution in [0, 0.1) is 17.2 Å². The summed E-state index contributed by atoms with van der Waals surface area (Å²) in [5, 5.41) is 9.10. The molecule has 362 valence electrons. The zero-order valence-electron chi connectivity index (χ0n) is 40.4. The molecular formula is C51H96N2O8P+. The summed E-state index contributed by atoms with van der Waals surface area (Å²) < 4.78 is 43.3. The third kappa shape index (κ3) is 30.6. The van der Waals surface area contributed by atoms with Gasteiger partial charge in [0.25, 0.3) is 0 Å². The van der Waals surface area contributed by atoms with Crippen LogP contribution in [0.4, 0.5) is 0 Å². The lowest BCUT2D eigenvalue weighted by Crippen LogP contribution is -2.59. The van der Waals surface area contributed by atoms with E-state index in [2.05, 4.69) is 13.8 Å². The first-order chi connectivity index (χ1) is 30.3. The van der Waals surface area contributed by atoms with E-state index in [1.165, 1.54) is 173 Å². The van der Waals surface area contributed by atoms with Crippen LogP contribution in [0.5, 0.6) is 0 Å². The predicted molar refractivity (Wildman–Crippen MR) is 253 cm³/mol. The number of nitriles is 1. The number of esters is 2. The van der Waals surface area contributed by atoms with Gasteiger partial charge in [-0.15, -0.1) is 0 Å². The molecule has 10 nitrogen and oxygen atoms in total. The number of nitrogens with zero attached hydrogens (tertiary/aromatic N) is 2. The quantitative estimate of drug-likeness (QED) is 0.0254. The molecule has 3 saturated heterocycles. The Morgan fingerprint density at radius 2 is 0.935 bits per heavy atom. The second-order valence-corrected chi connectivity index (χ2v) is 20.6. The maximum absolute atomic E-state index is 13.8. The third-order valence-electron chi connectivity index (χ3n) is 13.4. The molecule has 11 heteroatoms. The Balaban J connectivity index is 1.73. The zero-order valence-corrected chi connectivity index (χ0v) is 41.3. The predicted octanol–water partition coefficient (Wildman–Crippen LogP) is 14.7. The van der Waals surface area contributed by atoms with Crippen molar-refractivity contribution in [3.05, 3.63) is 0 Å². The summed E-state index contributed by atoms with van der Waals surface area (Å²) in [7, 11) is -4.08. The number of carbonyl (C=O) groups is 2. The van der Waals surface area contributed by atoms with Crippen molar-refractivity contribution in [2.45, 2.75) is 251 Å². The van der Waals surface area contributed by atoms with Crippen LogP contribution >= 0.6 is 7.82 Å². The van der Waals surface area contributed by atoms with Gasteiger partial charge in [0.05, 0.1) is 45.3 Å². The minimum absolute atomic E-state index is 0.0344. The Morgan fingerprint density at radius 3 is 1.35 bits per heavy atom. The van der Waals surface area contributed by atoms with Crippen molar-refractivity contribution >= 4 is 19.8 Å². The Hall–Kier alpha value is -1.50. The fraction of sp³-hybridized carbons (Fsp3) is 0.941. The fourth-order valence-electron chi connectivity index (χ4n) is 9.21. The van der Waals surface area contributed by atoms with E-state index < -0.39 is 19.9 Å². The molecule has 2 atom stereocenters. The summed E-state index contributed by atoms with van der Waals surface area (Å²) in [6, 6.07) is 2.01. The van der Waals surface area contributed by atoms with Crippen LogP contribution < -0.4 is 0 Å². The van der Waals surface area contributed by atoms with E-state index in [4.69, 9.17) is 28.3 Å². The number of phosphoric acid groups is 1. The molecule has 3 fully saturated rings. The van der Waals surface area contributed by atoms with Crippen LogP contribution in [-0.4, -0.2) is 75.1 Å². The van der Waals surface area contributed by atoms with Crippen molar-refractivity contribution in [3.8, 4) is 6.07 Å². The van der Waals surface area contributed by atoms with Gasteiger partial charge in [0.1, 0.15) is 19.8 Å². The van der Waals surface area contributed by atoms with E-state index in [1.54, 1.807) is 0 Å². The minimum Gasteiger partial charge on any atom is -0.462 e. The van der Waals surface area contributed by atoms with Crippen molar-refractivity contribution < 1.29 is 41.7 Å². The molecule has 0 saturated carbocycles. The summed E-state index contributed by atoms with van der Waals surface area (Å²) in [4.78, 5) is 25.8. The number of rotatable bonds is 45. The standard InChI is InChI=1S/C51H96N2O8P/c1-3-5-7-9-11-13-15-17-19-21-23-25-27-29-31-34-50(54)57-46-49(61-51(55)35-32-30-28-26-24-22-20-18-16-14-12-10-8-6-4-2)47-60-62(56,58-44-33-39-52)59-45-43-53-40-36-48(37-41-53)38-42-53/h48-49H,3-38,40-47H2,1-2H3/q+1. The van der Waals surface area contributed by atoms with Crippen LogP contribution in [0.25, 0.3) is 0 Å². The van der Waals surface area contributed by atoms with E-state index in [9.17, 15) is 14.2 Å². The molecule has 3 aliphatic heterocycles. The molecular weight excluding hydrogens is 800 g/mol. The van der Waals surface area contributed by atoms with Gasteiger partial charge in [-0.1, -0.05) is 194 Å². The molecule has 0 aromatic carbocycles. The maximum atomic E-state index is 13.8. The number of carbonyl (C=O) groups excluding carboxylic acids is 2. The normalized spacial score (nSPS) is 18.6. The lowest BCUT2D eigenvalue weighted by atomic mass is 9.86. The molecule has 3 rings (SSSR count). The Morgan fingerprint density at radius 1 is 0.548 bits per heavy atom. The van der Waals surface area contributed by atoms with Gasteiger partial charge in [-0.3, -0.25) is 23.2 Å². The number of unbranched alkanes of at least 4 members (excludes halogenated alkanes) is 28. The van der Waals surface area contributed by atoms with E-state index in [0.29, 0.717) is 6.42 Å². The number of quaternary nitrogens is 1. The first-order valence-electron chi connectivity index (χ1n) is 26.4. The topological polar surface area (TPSA) is 121 Å². The van der Waals surface area contributed by atoms with E-state index in [0.717, 1.165) is 75.1 Å². The number of hydrogen-bond donors (Lipinski definition) is 0. The van der Waals surface area contributed by atoms with Crippen molar-refractivity contribution in [2.24, 2.45) is 5.92 Å². The number of ether oxygens (including phenoxy) is 2. The zero-order chi connectivity index (χ0) is 44.7. The first kappa shape index (κ1) is 56.6. The fourth-order valence-corrected chi connectivity index (χ4v) is 10.4. The van der Waals surface area contributed by atoms with Crippen molar-refractivity contribution in [1.82, 2.24) is 0 Å². The monoisotopic (exact) mass is 896 g/mol. The number of piperidine rings is 3. The number of fused-ring (bicyclic) bond motifs is 3. The largest absolute Gasteiger partial charge is 0.475 e. The second-order valence-electron chi connectivity index (χ2n) is 19.0. The summed E-state index contributed by atoms with van der Waals surface area (Å²) in [6.07, 6.45) is 40.9. The first-order valence-corrected chi connectivity index (χ1v) is 27.9. The van der Waals surface area contributed by atoms with Gasteiger partial charge in [0, 0.05) is 12.8 Å². The Kier molecular flexibility index (Phi) is 35.4. The summed E-state index contributed by atoms with van der Waals surface area (Å²) in [6.45, 7) is 8.18. The van der Waals surface area contributed by atoms with Crippen molar-refractivity contribution in [1.29, 1.82) is 5.26 Å². The molecule has 0 spiro atoms. The summed E-state index contributed by atoms with van der Waals surface area (Å²) in [5.74, 6) is 0.0981. The molecule has 0 aliphatic carbocycles. The number of phosphoric ester groups is 1. The van der Waals surface area contributed by atoms with Crippen molar-refractivity contribution in [2.75, 3.05) is 52.6 Å². The highest BCUT2D eigenvalue weighted by Gasteiger charge is 2.40. The third-order valence-corrected chi connectivity index (χ3v) is 14.9. The van der Waals surface area contributed by atoms with Gasteiger partial charge in [-0.05, 0) is 38.0 Å². The Bertz CT molecular complexity index is 1160.